The number of nitrogens with zero attached hydrogens (tertiary/aromatic N) is 1. The van der Waals surface area contributed by atoms with Gasteiger partial charge in [-0.05, 0) is 19.8 Å². The molecule has 0 aliphatic carbocycles. The Balaban J connectivity index is 3.53. The normalized spacial score (nSPS) is 11.2. The van der Waals surface area contributed by atoms with Crippen LogP contribution in [0.1, 0.15) is 26.2 Å². The largest absolute Gasteiger partial charge is 0.381 e. The Morgan fingerprint density at radius 1 is 1.40 bits per heavy atom. The van der Waals surface area contributed by atoms with E-state index in [1.54, 1.807) is 0 Å². The standard InChI is InChI=1S/C9H18N2O3S/c1-2-14-8-9-15(12,13)11-7-5-3-4-6-10/h11H,2-5,7-9H2,1H3. The van der Waals surface area contributed by atoms with Gasteiger partial charge in [0, 0.05) is 19.6 Å². The minimum atomic E-state index is -3.20. The summed E-state index contributed by atoms with van der Waals surface area (Å²) in [6.45, 7) is 2.97. The molecule has 15 heavy (non-hydrogen) atoms. The van der Waals surface area contributed by atoms with Crippen molar-refractivity contribution in [2.45, 2.75) is 26.2 Å². The molecule has 0 aliphatic rings. The van der Waals surface area contributed by atoms with E-state index in [-0.39, 0.29) is 12.4 Å². The van der Waals surface area contributed by atoms with Gasteiger partial charge in [0.15, 0.2) is 0 Å². The highest BCUT2D eigenvalue weighted by atomic mass is 32.2. The van der Waals surface area contributed by atoms with Crippen LogP contribution >= 0.6 is 0 Å². The van der Waals surface area contributed by atoms with Crippen molar-refractivity contribution >= 4 is 10.0 Å². The second-order valence-corrected chi connectivity index (χ2v) is 4.95. The highest BCUT2D eigenvalue weighted by molar-refractivity contribution is 7.89. The molecular weight excluding hydrogens is 216 g/mol. The summed E-state index contributed by atoms with van der Waals surface area (Å²) >= 11 is 0. The molecule has 0 amide bonds. The Bertz CT molecular complexity index is 282. The number of nitriles is 1. The minimum absolute atomic E-state index is 0.000903. The van der Waals surface area contributed by atoms with Gasteiger partial charge < -0.3 is 4.74 Å². The van der Waals surface area contributed by atoms with Gasteiger partial charge in [0.05, 0.1) is 18.4 Å². The molecule has 0 unspecified atom stereocenters. The second-order valence-electron chi connectivity index (χ2n) is 3.03. The summed E-state index contributed by atoms with van der Waals surface area (Å²) in [6.07, 6.45) is 1.90. The number of nitrogens with one attached hydrogen (secondary N) is 1. The molecule has 6 heteroatoms. The van der Waals surface area contributed by atoms with Crippen molar-refractivity contribution in [1.82, 2.24) is 4.72 Å². The summed E-state index contributed by atoms with van der Waals surface area (Å²) in [4.78, 5) is 0. The van der Waals surface area contributed by atoms with Crippen molar-refractivity contribution in [2.75, 3.05) is 25.5 Å². The molecule has 0 aromatic heterocycles. The van der Waals surface area contributed by atoms with Gasteiger partial charge in [-0.25, -0.2) is 13.1 Å². The average molecular weight is 234 g/mol. The van der Waals surface area contributed by atoms with Gasteiger partial charge in [-0.1, -0.05) is 0 Å². The molecule has 5 nitrogen and oxygen atoms in total. The lowest BCUT2D eigenvalue weighted by Crippen LogP contribution is -2.29. The number of hydrogen-bond acceptors (Lipinski definition) is 4. The molecule has 0 bridgehead atoms. The third kappa shape index (κ3) is 9.66. The van der Waals surface area contributed by atoms with Crippen LogP contribution in [0.4, 0.5) is 0 Å². The van der Waals surface area contributed by atoms with Crippen molar-refractivity contribution in [3.63, 3.8) is 0 Å². The summed E-state index contributed by atoms with van der Waals surface area (Å²) in [5.41, 5.74) is 0. The third-order valence-corrected chi connectivity index (χ3v) is 3.09. The average Bonchev–Trinajstić information content (AvgIpc) is 2.17. The quantitative estimate of drug-likeness (QED) is 0.594. The molecule has 0 saturated carbocycles. The van der Waals surface area contributed by atoms with E-state index in [0.29, 0.717) is 26.0 Å². The van der Waals surface area contributed by atoms with Crippen LogP contribution in [0.5, 0.6) is 0 Å². The predicted octanol–water partition coefficient (Wildman–Crippen LogP) is 0.636. The molecule has 0 atom stereocenters. The van der Waals surface area contributed by atoms with Gasteiger partial charge >= 0.3 is 0 Å². The Morgan fingerprint density at radius 2 is 2.13 bits per heavy atom. The van der Waals surface area contributed by atoms with E-state index in [9.17, 15) is 8.42 Å². The number of hydrogen-bond donors (Lipinski definition) is 1. The van der Waals surface area contributed by atoms with Gasteiger partial charge in [-0.3, -0.25) is 0 Å². The summed E-state index contributed by atoms with van der Waals surface area (Å²) in [7, 11) is -3.20. The smallest absolute Gasteiger partial charge is 0.213 e. The van der Waals surface area contributed by atoms with Crippen LogP contribution in [-0.2, 0) is 14.8 Å². The molecule has 0 fully saturated rings. The zero-order valence-electron chi connectivity index (χ0n) is 9.03. The van der Waals surface area contributed by atoms with E-state index in [4.69, 9.17) is 10.00 Å². The lowest BCUT2D eigenvalue weighted by Gasteiger charge is -2.05. The lowest BCUT2D eigenvalue weighted by molar-refractivity contribution is 0.163. The zero-order valence-corrected chi connectivity index (χ0v) is 9.85. The highest BCUT2D eigenvalue weighted by Crippen LogP contribution is 1.93. The van der Waals surface area contributed by atoms with Crippen molar-refractivity contribution in [2.24, 2.45) is 0 Å². The van der Waals surface area contributed by atoms with Crippen LogP contribution in [0.2, 0.25) is 0 Å². The maximum Gasteiger partial charge on any atom is 0.213 e. The van der Waals surface area contributed by atoms with Crippen LogP contribution < -0.4 is 4.72 Å². The van der Waals surface area contributed by atoms with E-state index < -0.39 is 10.0 Å². The van der Waals surface area contributed by atoms with Gasteiger partial charge in [0.1, 0.15) is 0 Å². The highest BCUT2D eigenvalue weighted by Gasteiger charge is 2.08. The first-order valence-electron chi connectivity index (χ1n) is 5.04. The summed E-state index contributed by atoms with van der Waals surface area (Å²) in [5.74, 6) is -0.000903. The maximum absolute atomic E-state index is 11.3. The molecule has 0 spiro atoms. The van der Waals surface area contributed by atoms with Crippen molar-refractivity contribution < 1.29 is 13.2 Å². The van der Waals surface area contributed by atoms with Crippen molar-refractivity contribution in [3.05, 3.63) is 0 Å². The molecule has 0 aromatic carbocycles. The van der Waals surface area contributed by atoms with E-state index in [0.717, 1.165) is 6.42 Å². The van der Waals surface area contributed by atoms with E-state index >= 15 is 0 Å². The Labute approximate surface area is 91.5 Å². The van der Waals surface area contributed by atoms with Gasteiger partial charge in [-0.2, -0.15) is 5.26 Å². The van der Waals surface area contributed by atoms with Crippen LogP contribution in [0.15, 0.2) is 0 Å². The third-order valence-electron chi connectivity index (χ3n) is 1.74. The first kappa shape index (κ1) is 14.4. The second kappa shape index (κ2) is 8.65. The van der Waals surface area contributed by atoms with Gasteiger partial charge in [-0.15, -0.1) is 0 Å². The van der Waals surface area contributed by atoms with Crippen LogP contribution in [0, 0.1) is 11.3 Å². The Morgan fingerprint density at radius 3 is 2.73 bits per heavy atom. The lowest BCUT2D eigenvalue weighted by atomic mass is 10.2. The Hall–Kier alpha value is -0.640. The Kier molecular flexibility index (Phi) is 8.28. The summed E-state index contributed by atoms with van der Waals surface area (Å²) in [5, 5.41) is 8.26. The molecule has 0 saturated heterocycles. The predicted molar refractivity (Wildman–Crippen MR) is 57.7 cm³/mol. The fraction of sp³-hybridized carbons (Fsp3) is 0.889. The molecule has 0 aromatic rings. The fourth-order valence-corrected chi connectivity index (χ4v) is 1.88. The molecular formula is C9H18N2O3S. The number of unbranched alkanes of at least 4 members (excludes halogenated alkanes) is 2. The van der Waals surface area contributed by atoms with E-state index in [2.05, 4.69) is 4.72 Å². The molecule has 88 valence electrons. The topological polar surface area (TPSA) is 79.2 Å². The number of ether oxygens (including phenoxy) is 1. The van der Waals surface area contributed by atoms with Gasteiger partial charge in [0.25, 0.3) is 0 Å². The first-order chi connectivity index (χ1) is 7.12. The van der Waals surface area contributed by atoms with Crippen LogP contribution in [0.3, 0.4) is 0 Å². The van der Waals surface area contributed by atoms with E-state index in [1.165, 1.54) is 0 Å². The van der Waals surface area contributed by atoms with Crippen molar-refractivity contribution in [1.29, 1.82) is 5.26 Å². The monoisotopic (exact) mass is 234 g/mol. The van der Waals surface area contributed by atoms with Crippen molar-refractivity contribution in [3.8, 4) is 6.07 Å². The summed E-state index contributed by atoms with van der Waals surface area (Å²) in [6, 6.07) is 2.01. The van der Waals surface area contributed by atoms with E-state index in [1.807, 2.05) is 13.0 Å². The zero-order chi connectivity index (χ0) is 11.6. The SMILES string of the molecule is CCOCCS(=O)(=O)NCCCCC#N. The van der Waals surface area contributed by atoms with Crippen LogP contribution in [-0.4, -0.2) is 33.9 Å². The summed E-state index contributed by atoms with van der Waals surface area (Å²) < 4.78 is 30.0. The van der Waals surface area contributed by atoms with Crippen LogP contribution in [0.25, 0.3) is 0 Å². The molecule has 0 aliphatic heterocycles. The minimum Gasteiger partial charge on any atom is -0.381 e. The molecule has 0 radical (unpaired) electrons. The number of rotatable bonds is 9. The molecule has 0 rings (SSSR count). The maximum atomic E-state index is 11.3. The number of sulfonamides is 1. The molecule has 1 N–H and O–H groups in total. The van der Waals surface area contributed by atoms with Gasteiger partial charge in [0.2, 0.25) is 10.0 Å². The first-order valence-corrected chi connectivity index (χ1v) is 6.69. The molecule has 0 heterocycles. The fourth-order valence-electron chi connectivity index (χ4n) is 0.942.